The van der Waals surface area contributed by atoms with Gasteiger partial charge in [-0.2, -0.15) is 5.26 Å². The first kappa shape index (κ1) is 10.9. The molecule has 5 heteroatoms. The second-order valence-electron chi connectivity index (χ2n) is 3.29. The molecule has 0 spiro atoms. The monoisotopic (exact) mass is 228 g/mol. The van der Waals surface area contributed by atoms with Crippen LogP contribution in [0, 0.1) is 11.3 Å². The Hall–Kier alpha value is -2.61. The van der Waals surface area contributed by atoms with Crippen molar-refractivity contribution in [3.63, 3.8) is 0 Å². The van der Waals surface area contributed by atoms with Crippen LogP contribution in [0.25, 0.3) is 0 Å². The highest BCUT2D eigenvalue weighted by Crippen LogP contribution is 2.23. The molecule has 0 radical (unpaired) electrons. The van der Waals surface area contributed by atoms with Crippen LogP contribution in [0.1, 0.15) is 0 Å². The topological polar surface area (TPSA) is 70.4 Å². The van der Waals surface area contributed by atoms with Crippen LogP contribution in [0.2, 0.25) is 0 Å². The van der Waals surface area contributed by atoms with E-state index in [2.05, 4.69) is 0 Å². The maximum absolute atomic E-state index is 11.4. The van der Waals surface area contributed by atoms with Crippen molar-refractivity contribution in [2.45, 2.75) is 0 Å². The molecule has 0 bridgehead atoms. The first-order valence-electron chi connectivity index (χ1n) is 4.88. The van der Waals surface area contributed by atoms with E-state index in [4.69, 9.17) is 10.00 Å². The Kier molecular flexibility index (Phi) is 2.88. The summed E-state index contributed by atoms with van der Waals surface area (Å²) in [5, 5.41) is 8.39. The van der Waals surface area contributed by atoms with Crippen molar-refractivity contribution < 1.29 is 14.3 Å². The number of carbonyl (C=O) groups is 2. The molecule has 1 aliphatic rings. The fraction of sp³-hybridized carbons (Fsp3) is 0.0833. The van der Waals surface area contributed by atoms with E-state index in [1.165, 1.54) is 12.2 Å². The smallest absolute Gasteiger partial charge is 0.258 e. The van der Waals surface area contributed by atoms with Crippen molar-refractivity contribution in [1.82, 2.24) is 0 Å². The molecule has 17 heavy (non-hydrogen) atoms. The van der Waals surface area contributed by atoms with Gasteiger partial charge in [-0.25, -0.2) is 4.90 Å². The average molecular weight is 228 g/mol. The van der Waals surface area contributed by atoms with Gasteiger partial charge >= 0.3 is 0 Å². The van der Waals surface area contributed by atoms with Crippen molar-refractivity contribution in [3.8, 4) is 11.8 Å². The van der Waals surface area contributed by atoms with Crippen molar-refractivity contribution in [2.24, 2.45) is 0 Å². The van der Waals surface area contributed by atoms with Crippen LogP contribution in [-0.4, -0.2) is 18.4 Å². The van der Waals surface area contributed by atoms with E-state index in [0.29, 0.717) is 11.4 Å². The Balaban J connectivity index is 2.25. The van der Waals surface area contributed by atoms with E-state index < -0.39 is 0 Å². The Morgan fingerprint density at radius 2 is 1.94 bits per heavy atom. The highest BCUT2D eigenvalue weighted by atomic mass is 16.5. The molecule has 1 aromatic rings. The zero-order valence-corrected chi connectivity index (χ0v) is 8.79. The Morgan fingerprint density at radius 1 is 1.24 bits per heavy atom. The van der Waals surface area contributed by atoms with E-state index in [1.807, 2.05) is 6.07 Å². The lowest BCUT2D eigenvalue weighted by molar-refractivity contribution is -0.119. The van der Waals surface area contributed by atoms with Gasteiger partial charge in [0.2, 0.25) is 0 Å². The van der Waals surface area contributed by atoms with Gasteiger partial charge in [-0.1, -0.05) is 6.07 Å². The molecular weight excluding hydrogens is 220 g/mol. The fourth-order valence-corrected chi connectivity index (χ4v) is 1.48. The third kappa shape index (κ3) is 2.16. The SMILES string of the molecule is N#CCOc1cccc(N2C(=O)C=CC2=O)c1. The molecule has 0 aliphatic carbocycles. The van der Waals surface area contributed by atoms with E-state index in [9.17, 15) is 9.59 Å². The van der Waals surface area contributed by atoms with Gasteiger partial charge in [0.25, 0.3) is 11.8 Å². The number of nitriles is 1. The maximum atomic E-state index is 11.4. The summed E-state index contributed by atoms with van der Waals surface area (Å²) in [7, 11) is 0. The van der Waals surface area contributed by atoms with Crippen LogP contribution in [0.15, 0.2) is 36.4 Å². The van der Waals surface area contributed by atoms with E-state index in [1.54, 1.807) is 24.3 Å². The van der Waals surface area contributed by atoms with Crippen molar-refractivity contribution in [2.75, 3.05) is 11.5 Å². The van der Waals surface area contributed by atoms with Crippen molar-refractivity contribution in [3.05, 3.63) is 36.4 Å². The van der Waals surface area contributed by atoms with Crippen LogP contribution in [0.5, 0.6) is 5.75 Å². The normalized spacial score (nSPS) is 13.9. The predicted octanol–water partition coefficient (Wildman–Crippen LogP) is 1.02. The van der Waals surface area contributed by atoms with Gasteiger partial charge in [0.15, 0.2) is 6.61 Å². The van der Waals surface area contributed by atoms with Gasteiger partial charge in [0, 0.05) is 18.2 Å². The molecule has 1 heterocycles. The van der Waals surface area contributed by atoms with E-state index in [-0.39, 0.29) is 18.4 Å². The van der Waals surface area contributed by atoms with Crippen LogP contribution < -0.4 is 9.64 Å². The second-order valence-corrected chi connectivity index (χ2v) is 3.29. The minimum atomic E-state index is -0.382. The Morgan fingerprint density at radius 3 is 2.59 bits per heavy atom. The molecule has 0 fully saturated rings. The van der Waals surface area contributed by atoms with Crippen LogP contribution in [0.4, 0.5) is 5.69 Å². The summed E-state index contributed by atoms with van der Waals surface area (Å²) < 4.78 is 5.10. The van der Waals surface area contributed by atoms with Crippen LogP contribution in [-0.2, 0) is 9.59 Å². The molecule has 0 saturated heterocycles. The molecule has 0 saturated carbocycles. The minimum absolute atomic E-state index is 0.0798. The number of benzene rings is 1. The van der Waals surface area contributed by atoms with Crippen molar-refractivity contribution >= 4 is 17.5 Å². The lowest BCUT2D eigenvalue weighted by Crippen LogP contribution is -2.29. The van der Waals surface area contributed by atoms with Crippen molar-refractivity contribution in [1.29, 1.82) is 5.26 Å². The zero-order chi connectivity index (χ0) is 12.3. The number of carbonyl (C=O) groups excluding carboxylic acids is 2. The van der Waals surface area contributed by atoms with Crippen LogP contribution in [0.3, 0.4) is 0 Å². The molecule has 5 nitrogen and oxygen atoms in total. The fourth-order valence-electron chi connectivity index (χ4n) is 1.48. The summed E-state index contributed by atoms with van der Waals surface area (Å²) in [6, 6.07) is 8.32. The van der Waals surface area contributed by atoms with Gasteiger partial charge in [0.1, 0.15) is 11.8 Å². The minimum Gasteiger partial charge on any atom is -0.479 e. The lowest BCUT2D eigenvalue weighted by Gasteiger charge is -2.14. The molecule has 0 unspecified atom stereocenters. The van der Waals surface area contributed by atoms with Crippen LogP contribution >= 0.6 is 0 Å². The number of anilines is 1. The van der Waals surface area contributed by atoms with E-state index >= 15 is 0 Å². The number of ether oxygens (including phenoxy) is 1. The second kappa shape index (κ2) is 4.49. The molecule has 0 N–H and O–H groups in total. The zero-order valence-electron chi connectivity index (χ0n) is 8.79. The number of imide groups is 1. The average Bonchev–Trinajstić information content (AvgIpc) is 2.67. The number of amides is 2. The largest absolute Gasteiger partial charge is 0.479 e. The number of nitrogens with zero attached hydrogens (tertiary/aromatic N) is 2. The predicted molar refractivity (Wildman–Crippen MR) is 59.2 cm³/mol. The third-order valence-corrected chi connectivity index (χ3v) is 2.19. The number of hydrogen-bond acceptors (Lipinski definition) is 4. The molecule has 1 aromatic carbocycles. The highest BCUT2D eigenvalue weighted by molar-refractivity contribution is 6.28. The van der Waals surface area contributed by atoms with Gasteiger partial charge in [-0.15, -0.1) is 0 Å². The Bertz CT molecular complexity index is 525. The first-order valence-corrected chi connectivity index (χ1v) is 4.88. The quantitative estimate of drug-likeness (QED) is 0.724. The summed E-state index contributed by atoms with van der Waals surface area (Å²) in [6.07, 6.45) is 2.43. The van der Waals surface area contributed by atoms with Gasteiger partial charge < -0.3 is 4.74 Å². The summed E-state index contributed by atoms with van der Waals surface area (Å²) in [5.74, 6) is -0.323. The molecule has 2 rings (SSSR count). The molecular formula is C12H8N2O3. The summed E-state index contributed by atoms with van der Waals surface area (Å²) >= 11 is 0. The Labute approximate surface area is 97.5 Å². The highest BCUT2D eigenvalue weighted by Gasteiger charge is 2.25. The third-order valence-electron chi connectivity index (χ3n) is 2.19. The van der Waals surface area contributed by atoms with Gasteiger partial charge in [-0.3, -0.25) is 9.59 Å². The molecule has 84 valence electrons. The molecule has 0 atom stereocenters. The summed E-state index contributed by atoms with van der Waals surface area (Å²) in [4.78, 5) is 23.9. The van der Waals surface area contributed by atoms with Gasteiger partial charge in [-0.05, 0) is 12.1 Å². The number of rotatable bonds is 3. The summed E-state index contributed by atoms with van der Waals surface area (Å²) in [5.41, 5.74) is 0.431. The molecule has 0 aromatic heterocycles. The van der Waals surface area contributed by atoms with E-state index in [0.717, 1.165) is 4.90 Å². The first-order chi connectivity index (χ1) is 8.22. The standard InChI is InChI=1S/C12H8N2O3/c13-6-7-17-10-3-1-2-9(8-10)14-11(15)4-5-12(14)16/h1-5,8H,7H2. The molecule has 2 amide bonds. The molecule has 1 aliphatic heterocycles. The van der Waals surface area contributed by atoms with Gasteiger partial charge in [0.05, 0.1) is 5.69 Å². The summed E-state index contributed by atoms with van der Waals surface area (Å²) in [6.45, 7) is -0.0798. The lowest BCUT2D eigenvalue weighted by atomic mass is 10.2. The maximum Gasteiger partial charge on any atom is 0.258 e. The number of hydrogen-bond donors (Lipinski definition) is 0.